The van der Waals surface area contributed by atoms with Crippen LogP contribution in [-0.4, -0.2) is 82.3 Å². The van der Waals surface area contributed by atoms with E-state index in [1.807, 2.05) is 31.0 Å². The number of aromatic nitrogens is 2. The van der Waals surface area contributed by atoms with E-state index in [-0.39, 0.29) is 31.3 Å². The summed E-state index contributed by atoms with van der Waals surface area (Å²) in [6.07, 6.45) is 0.248. The van der Waals surface area contributed by atoms with Crippen molar-refractivity contribution in [3.8, 4) is 0 Å². The van der Waals surface area contributed by atoms with E-state index in [0.717, 1.165) is 27.8 Å². The van der Waals surface area contributed by atoms with Crippen LogP contribution in [0.5, 0.6) is 0 Å². The van der Waals surface area contributed by atoms with Crippen molar-refractivity contribution >= 4 is 27.2 Å². The van der Waals surface area contributed by atoms with Gasteiger partial charge < -0.3 is 19.7 Å². The van der Waals surface area contributed by atoms with Crippen molar-refractivity contribution in [1.82, 2.24) is 14.5 Å². The summed E-state index contributed by atoms with van der Waals surface area (Å²) < 4.78 is 65.5. The van der Waals surface area contributed by atoms with Crippen LogP contribution in [0.4, 0.5) is 20.2 Å². The molecule has 0 aliphatic carbocycles. The minimum Gasteiger partial charge on any atom is -0.383 e. The summed E-state index contributed by atoms with van der Waals surface area (Å²) in [7, 11) is 1.00. The molecule has 0 radical (unpaired) electrons. The van der Waals surface area contributed by atoms with Gasteiger partial charge in [-0.1, -0.05) is 0 Å². The van der Waals surface area contributed by atoms with Crippen LogP contribution in [0.1, 0.15) is 34.2 Å². The van der Waals surface area contributed by atoms with E-state index in [2.05, 4.69) is 15.5 Å². The number of methoxy groups -OCH3 is 2. The number of ether oxygens (including phenoxy) is 2. The molecule has 1 aromatic heterocycles. The highest BCUT2D eigenvalue weighted by atomic mass is 32.2. The number of H-pyrrole nitrogens is 1. The third kappa shape index (κ3) is 7.10. The lowest BCUT2D eigenvalue weighted by atomic mass is 9.99. The summed E-state index contributed by atoms with van der Waals surface area (Å²) in [5, 5.41) is 10.6. The largest absolute Gasteiger partial charge is 0.383 e. The minimum atomic E-state index is -4.18. The molecule has 0 saturated heterocycles. The van der Waals surface area contributed by atoms with E-state index in [4.69, 9.17) is 9.47 Å². The Labute approximate surface area is 238 Å². The molecule has 41 heavy (non-hydrogen) atoms. The Bertz CT molecular complexity index is 1480. The molecule has 1 atom stereocenters. The predicted octanol–water partition coefficient (Wildman–Crippen LogP) is 3.39. The highest BCUT2D eigenvalue weighted by Crippen LogP contribution is 2.29. The first kappa shape index (κ1) is 30.6. The fraction of sp³-hybridized carbons (Fsp3) is 0.429. The van der Waals surface area contributed by atoms with Crippen molar-refractivity contribution in [3.63, 3.8) is 0 Å². The fourth-order valence-electron chi connectivity index (χ4n) is 4.80. The van der Waals surface area contributed by atoms with Crippen LogP contribution in [0.25, 0.3) is 0 Å². The summed E-state index contributed by atoms with van der Waals surface area (Å²) in [5.41, 5.74) is 3.74. The van der Waals surface area contributed by atoms with E-state index < -0.39 is 26.6 Å². The number of hydrogen-bond donors (Lipinski definition) is 2. The molecule has 10 nitrogen and oxygen atoms in total. The number of nitrogens with zero attached hydrogens (tertiary/aromatic N) is 3. The maximum Gasteiger partial charge on any atom is 0.243 e. The maximum atomic E-state index is 13.8. The monoisotopic (exact) mass is 591 g/mol. The van der Waals surface area contributed by atoms with Gasteiger partial charge >= 0.3 is 0 Å². The van der Waals surface area contributed by atoms with Crippen LogP contribution in [0.2, 0.25) is 0 Å². The topological polar surface area (TPSA) is 117 Å². The number of halogens is 2. The molecule has 0 spiro atoms. The Morgan fingerprint density at radius 2 is 1.90 bits per heavy atom. The predicted molar refractivity (Wildman–Crippen MR) is 151 cm³/mol. The molecule has 3 aromatic rings. The first-order valence-electron chi connectivity index (χ1n) is 13.2. The number of nitrogens with one attached hydrogen (secondary N) is 2. The average Bonchev–Trinajstić information content (AvgIpc) is 3.33. The molecule has 0 saturated carbocycles. The van der Waals surface area contributed by atoms with Crippen LogP contribution >= 0.6 is 0 Å². The van der Waals surface area contributed by atoms with Crippen LogP contribution in [-0.2, 0) is 38.9 Å². The molecule has 0 bridgehead atoms. The number of fused-ring (bicyclic) bond motifs is 1. The van der Waals surface area contributed by atoms with Gasteiger partial charge in [0.1, 0.15) is 11.6 Å². The van der Waals surface area contributed by atoms with Gasteiger partial charge in [-0.15, -0.1) is 0 Å². The van der Waals surface area contributed by atoms with E-state index in [9.17, 15) is 22.0 Å². The number of anilines is 2. The van der Waals surface area contributed by atoms with Crippen molar-refractivity contribution in [2.45, 2.75) is 37.2 Å². The van der Waals surface area contributed by atoms with Gasteiger partial charge in [-0.25, -0.2) is 17.2 Å². The van der Waals surface area contributed by atoms with Crippen LogP contribution in [0.15, 0.2) is 41.3 Å². The standard InChI is InChI=1S/C28H35F2N5O5S/c1-18(17-40-4)31-26-14-21(34(2)9-10-39-3)5-6-23(26)28(36)15-27-24-16-35(8-7-25(24)32-33-27)41(37,38)22-12-19(29)11-20(30)13-22/h5-6,11-14,18,31H,7-10,15-17H2,1-4H3,(H,32,33). The second-order valence-corrected chi connectivity index (χ2v) is 12.0. The first-order chi connectivity index (χ1) is 19.5. The molecule has 2 heterocycles. The van der Waals surface area contributed by atoms with Gasteiger partial charge in [0.05, 0.1) is 30.2 Å². The van der Waals surface area contributed by atoms with Gasteiger partial charge in [-0.2, -0.15) is 9.40 Å². The summed E-state index contributed by atoms with van der Waals surface area (Å²) in [6, 6.07) is 7.67. The van der Waals surface area contributed by atoms with Crippen LogP contribution in [0, 0.1) is 11.6 Å². The Hall–Kier alpha value is -3.39. The number of carbonyl (C=O) groups is 1. The third-order valence-corrected chi connectivity index (χ3v) is 8.80. The average molecular weight is 592 g/mol. The Kier molecular flexibility index (Phi) is 9.74. The van der Waals surface area contributed by atoms with Crippen LogP contribution < -0.4 is 10.2 Å². The number of sulfonamides is 1. The van der Waals surface area contributed by atoms with Crippen molar-refractivity contribution < 1.29 is 31.5 Å². The number of carbonyl (C=O) groups excluding carboxylic acids is 1. The van der Waals surface area contributed by atoms with Gasteiger partial charge in [0.25, 0.3) is 0 Å². The summed E-state index contributed by atoms with van der Waals surface area (Å²) in [6.45, 7) is 3.62. The van der Waals surface area contributed by atoms with E-state index in [1.165, 1.54) is 0 Å². The molecule has 1 unspecified atom stereocenters. The lowest BCUT2D eigenvalue weighted by Crippen LogP contribution is -2.36. The number of benzene rings is 2. The fourth-order valence-corrected chi connectivity index (χ4v) is 6.25. The minimum absolute atomic E-state index is 0.0689. The SMILES string of the molecule is COCCN(C)c1ccc(C(=O)Cc2n[nH]c3c2CN(S(=O)(=O)c2cc(F)cc(F)c2)CC3)c(NC(C)COC)c1. The normalized spacial score (nSPS) is 14.5. The lowest BCUT2D eigenvalue weighted by molar-refractivity contribution is 0.0992. The molecular weight excluding hydrogens is 556 g/mol. The summed E-state index contributed by atoms with van der Waals surface area (Å²) in [4.78, 5) is 15.2. The Morgan fingerprint density at radius 1 is 1.17 bits per heavy atom. The van der Waals surface area contributed by atoms with Gasteiger partial charge in [0, 0.05) is 87.6 Å². The van der Waals surface area contributed by atoms with Crippen molar-refractivity contribution in [2.75, 3.05) is 57.8 Å². The zero-order valence-corrected chi connectivity index (χ0v) is 24.4. The number of rotatable bonds is 13. The lowest BCUT2D eigenvalue weighted by Gasteiger charge is -2.26. The molecule has 0 amide bonds. The molecule has 2 aromatic carbocycles. The molecule has 0 fully saturated rings. The Balaban J connectivity index is 1.58. The molecule has 2 N–H and O–H groups in total. The molecule has 13 heteroatoms. The first-order valence-corrected chi connectivity index (χ1v) is 14.6. The number of likely N-dealkylation sites (N-methyl/N-ethyl adjacent to an activating group) is 1. The smallest absolute Gasteiger partial charge is 0.243 e. The van der Waals surface area contributed by atoms with E-state index in [0.29, 0.717) is 54.8 Å². The highest BCUT2D eigenvalue weighted by Gasteiger charge is 2.32. The zero-order valence-electron chi connectivity index (χ0n) is 23.5. The van der Waals surface area contributed by atoms with Crippen LogP contribution in [0.3, 0.4) is 0 Å². The summed E-state index contributed by atoms with van der Waals surface area (Å²) in [5.74, 6) is -2.16. The third-order valence-electron chi connectivity index (χ3n) is 6.98. The number of ketones is 1. The number of hydrogen-bond acceptors (Lipinski definition) is 8. The molecule has 1 aliphatic heterocycles. The number of Topliss-reactive ketones (excluding diaryl/α,β-unsaturated/α-hetero) is 1. The molecule has 1 aliphatic rings. The molecular formula is C28H35F2N5O5S. The highest BCUT2D eigenvalue weighted by molar-refractivity contribution is 7.89. The zero-order chi connectivity index (χ0) is 29.7. The second kappa shape index (κ2) is 13.1. The second-order valence-electron chi connectivity index (χ2n) is 10.1. The Morgan fingerprint density at radius 3 is 2.59 bits per heavy atom. The molecule has 222 valence electrons. The maximum absolute atomic E-state index is 13.8. The molecule has 4 rings (SSSR count). The number of aromatic amines is 1. The van der Waals surface area contributed by atoms with E-state index >= 15 is 0 Å². The van der Waals surface area contributed by atoms with Gasteiger partial charge in [-0.05, 0) is 37.3 Å². The van der Waals surface area contributed by atoms with Crippen molar-refractivity contribution in [2.24, 2.45) is 0 Å². The van der Waals surface area contributed by atoms with Gasteiger partial charge in [0.2, 0.25) is 10.0 Å². The van der Waals surface area contributed by atoms with Crippen molar-refractivity contribution in [3.05, 3.63) is 70.5 Å². The summed E-state index contributed by atoms with van der Waals surface area (Å²) >= 11 is 0. The van der Waals surface area contributed by atoms with E-state index in [1.54, 1.807) is 20.3 Å². The quantitative estimate of drug-likeness (QED) is 0.291. The van der Waals surface area contributed by atoms with Gasteiger partial charge in [0.15, 0.2) is 5.78 Å². The van der Waals surface area contributed by atoms with Crippen molar-refractivity contribution in [1.29, 1.82) is 0 Å². The van der Waals surface area contributed by atoms with Gasteiger partial charge in [-0.3, -0.25) is 9.89 Å².